The molecule has 6 heteroatoms. The summed E-state index contributed by atoms with van der Waals surface area (Å²) in [5.41, 5.74) is 3.53. The van der Waals surface area contributed by atoms with Gasteiger partial charge in [-0.05, 0) is 62.6 Å². The first-order chi connectivity index (χ1) is 13.4. The minimum atomic E-state index is -0.361. The van der Waals surface area contributed by atoms with E-state index >= 15 is 0 Å². The lowest BCUT2D eigenvalue weighted by molar-refractivity contribution is -0.118. The van der Waals surface area contributed by atoms with Gasteiger partial charge < -0.3 is 14.8 Å². The summed E-state index contributed by atoms with van der Waals surface area (Å²) in [5, 5.41) is 3.46. The topological polar surface area (TPSA) is 64.6 Å². The van der Waals surface area contributed by atoms with Crippen molar-refractivity contribution in [2.45, 2.75) is 47.0 Å². The van der Waals surface area contributed by atoms with Crippen LogP contribution in [0.25, 0.3) is 0 Å². The fraction of sp³-hybridized carbons (Fsp3) is 0.455. The molecule has 2 aromatic rings. The fourth-order valence-corrected chi connectivity index (χ4v) is 5.00. The zero-order valence-electron chi connectivity index (χ0n) is 16.9. The molecule has 1 aliphatic rings. The smallest absolute Gasteiger partial charge is 0.341 e. The summed E-state index contributed by atoms with van der Waals surface area (Å²) < 4.78 is 11.0. The molecule has 0 unspecified atom stereocenters. The lowest BCUT2D eigenvalue weighted by Crippen LogP contribution is -2.22. The van der Waals surface area contributed by atoms with E-state index in [1.807, 2.05) is 32.0 Å². The van der Waals surface area contributed by atoms with Crippen LogP contribution in [0, 0.1) is 19.8 Å². The maximum Gasteiger partial charge on any atom is 0.341 e. The van der Waals surface area contributed by atoms with Gasteiger partial charge in [0.2, 0.25) is 0 Å². The highest BCUT2D eigenvalue weighted by Crippen LogP contribution is 2.40. The number of para-hydroxylation sites is 1. The van der Waals surface area contributed by atoms with E-state index in [0.717, 1.165) is 41.7 Å². The molecule has 0 spiro atoms. The lowest BCUT2D eigenvalue weighted by Gasteiger charge is -2.18. The van der Waals surface area contributed by atoms with Gasteiger partial charge in [-0.15, -0.1) is 11.3 Å². The van der Waals surface area contributed by atoms with E-state index in [9.17, 15) is 9.59 Å². The fourth-order valence-electron chi connectivity index (χ4n) is 3.59. The third kappa shape index (κ3) is 4.38. The van der Waals surface area contributed by atoms with Crippen LogP contribution in [0.3, 0.4) is 0 Å². The number of fused-ring (bicyclic) bond motifs is 1. The third-order valence-electron chi connectivity index (χ3n) is 5.00. The molecule has 1 N–H and O–H groups in total. The van der Waals surface area contributed by atoms with E-state index in [1.54, 1.807) is 6.92 Å². The van der Waals surface area contributed by atoms with Crippen LogP contribution in [-0.4, -0.2) is 25.1 Å². The molecule has 0 aliphatic heterocycles. The number of hydrogen-bond donors (Lipinski definition) is 1. The summed E-state index contributed by atoms with van der Waals surface area (Å²) in [7, 11) is 0. The number of ether oxygens (including phenoxy) is 2. The Hall–Kier alpha value is -2.34. The van der Waals surface area contributed by atoms with Gasteiger partial charge >= 0.3 is 5.97 Å². The van der Waals surface area contributed by atoms with Crippen molar-refractivity contribution >= 4 is 28.2 Å². The predicted octanol–water partition coefficient (Wildman–Crippen LogP) is 4.68. The molecule has 0 fully saturated rings. The van der Waals surface area contributed by atoms with E-state index in [0.29, 0.717) is 23.1 Å². The van der Waals surface area contributed by atoms with Gasteiger partial charge in [0, 0.05) is 4.88 Å². The van der Waals surface area contributed by atoms with Crippen LogP contribution in [0.5, 0.6) is 5.75 Å². The number of carbonyl (C=O) groups is 2. The highest BCUT2D eigenvalue weighted by molar-refractivity contribution is 7.17. The molecule has 5 nitrogen and oxygen atoms in total. The SMILES string of the molecule is CCOC(=O)c1c(NC(=O)COc2c(C)cccc2C)sc2c1CC[C@H](C)C2. The molecule has 1 amide bonds. The van der Waals surface area contributed by atoms with Gasteiger partial charge in [0.15, 0.2) is 6.61 Å². The van der Waals surface area contributed by atoms with E-state index in [1.165, 1.54) is 16.2 Å². The summed E-state index contributed by atoms with van der Waals surface area (Å²) in [6.07, 6.45) is 2.82. The summed E-state index contributed by atoms with van der Waals surface area (Å²) in [5.74, 6) is 0.667. The van der Waals surface area contributed by atoms with Crippen molar-refractivity contribution in [3.05, 3.63) is 45.3 Å². The molecular weight excluding hydrogens is 374 g/mol. The summed E-state index contributed by atoms with van der Waals surface area (Å²) >= 11 is 1.49. The van der Waals surface area contributed by atoms with Crippen LogP contribution in [0.1, 0.15) is 52.2 Å². The Bertz CT molecular complexity index is 867. The van der Waals surface area contributed by atoms with Crippen molar-refractivity contribution in [2.75, 3.05) is 18.5 Å². The molecule has 3 rings (SSSR count). The molecular formula is C22H27NO4S. The van der Waals surface area contributed by atoms with Crippen molar-refractivity contribution < 1.29 is 19.1 Å². The molecule has 1 heterocycles. The van der Waals surface area contributed by atoms with Gasteiger partial charge in [-0.2, -0.15) is 0 Å². The second-order valence-corrected chi connectivity index (χ2v) is 8.44. The molecule has 0 saturated carbocycles. The molecule has 0 bridgehead atoms. The molecule has 1 aliphatic carbocycles. The van der Waals surface area contributed by atoms with Gasteiger partial charge in [0.05, 0.1) is 12.2 Å². The quantitative estimate of drug-likeness (QED) is 0.714. The summed E-state index contributed by atoms with van der Waals surface area (Å²) in [6.45, 7) is 8.11. The van der Waals surface area contributed by atoms with Gasteiger partial charge in [-0.25, -0.2) is 4.79 Å². The zero-order chi connectivity index (χ0) is 20.3. The van der Waals surface area contributed by atoms with Crippen LogP contribution in [0.4, 0.5) is 5.00 Å². The molecule has 1 aromatic heterocycles. The second-order valence-electron chi connectivity index (χ2n) is 7.33. The van der Waals surface area contributed by atoms with Crippen molar-refractivity contribution in [3.63, 3.8) is 0 Å². The minimum Gasteiger partial charge on any atom is -0.483 e. The van der Waals surface area contributed by atoms with Crippen LogP contribution < -0.4 is 10.1 Å². The van der Waals surface area contributed by atoms with Crippen LogP contribution in [-0.2, 0) is 22.4 Å². The Balaban J connectivity index is 1.77. The normalized spacial score (nSPS) is 15.6. The molecule has 0 radical (unpaired) electrons. The molecule has 28 heavy (non-hydrogen) atoms. The lowest BCUT2D eigenvalue weighted by atomic mass is 9.88. The van der Waals surface area contributed by atoms with Crippen LogP contribution in [0.15, 0.2) is 18.2 Å². The number of esters is 1. The predicted molar refractivity (Wildman–Crippen MR) is 112 cm³/mol. The monoisotopic (exact) mass is 401 g/mol. The summed E-state index contributed by atoms with van der Waals surface area (Å²) in [4.78, 5) is 26.2. The molecule has 0 saturated heterocycles. The van der Waals surface area contributed by atoms with E-state index in [2.05, 4.69) is 12.2 Å². The number of aryl methyl sites for hydroxylation is 2. The van der Waals surface area contributed by atoms with E-state index in [-0.39, 0.29) is 18.5 Å². The Kier molecular flexibility index (Phi) is 6.39. The van der Waals surface area contributed by atoms with Crippen molar-refractivity contribution in [1.29, 1.82) is 0 Å². The van der Waals surface area contributed by atoms with Gasteiger partial charge in [0.1, 0.15) is 10.8 Å². The number of carbonyl (C=O) groups excluding carboxylic acids is 2. The number of nitrogens with one attached hydrogen (secondary N) is 1. The number of rotatable bonds is 6. The molecule has 1 aromatic carbocycles. The number of anilines is 1. The average Bonchev–Trinajstić information content (AvgIpc) is 2.98. The highest BCUT2D eigenvalue weighted by Gasteiger charge is 2.29. The van der Waals surface area contributed by atoms with E-state index in [4.69, 9.17) is 9.47 Å². The molecule has 1 atom stereocenters. The van der Waals surface area contributed by atoms with Gasteiger partial charge in [-0.1, -0.05) is 25.1 Å². The number of thiophene rings is 1. The number of hydrogen-bond acceptors (Lipinski definition) is 5. The zero-order valence-corrected chi connectivity index (χ0v) is 17.7. The number of benzene rings is 1. The molecule has 150 valence electrons. The van der Waals surface area contributed by atoms with Gasteiger partial charge in [-0.3, -0.25) is 4.79 Å². The van der Waals surface area contributed by atoms with Gasteiger partial charge in [0.25, 0.3) is 5.91 Å². The Morgan fingerprint density at radius 3 is 2.64 bits per heavy atom. The van der Waals surface area contributed by atoms with Crippen LogP contribution >= 0.6 is 11.3 Å². The van der Waals surface area contributed by atoms with Crippen LogP contribution in [0.2, 0.25) is 0 Å². The second kappa shape index (κ2) is 8.78. The standard InChI is InChI=1S/C22H27NO4S/c1-5-26-22(25)19-16-10-9-13(2)11-17(16)28-21(19)23-18(24)12-27-20-14(3)7-6-8-15(20)4/h6-8,13H,5,9-12H2,1-4H3,(H,23,24)/t13-/m0/s1. The largest absolute Gasteiger partial charge is 0.483 e. The van der Waals surface area contributed by atoms with Crippen molar-refractivity contribution in [3.8, 4) is 5.75 Å². The first-order valence-electron chi connectivity index (χ1n) is 9.71. The first kappa shape index (κ1) is 20.4. The Labute approximate surface area is 170 Å². The highest BCUT2D eigenvalue weighted by atomic mass is 32.1. The summed E-state index contributed by atoms with van der Waals surface area (Å²) in [6, 6.07) is 5.86. The number of amides is 1. The minimum absolute atomic E-state index is 0.104. The average molecular weight is 402 g/mol. The van der Waals surface area contributed by atoms with E-state index < -0.39 is 0 Å². The van der Waals surface area contributed by atoms with Crippen molar-refractivity contribution in [1.82, 2.24) is 0 Å². The van der Waals surface area contributed by atoms with Crippen molar-refractivity contribution in [2.24, 2.45) is 5.92 Å². The maximum absolute atomic E-state index is 12.5. The Morgan fingerprint density at radius 2 is 1.96 bits per heavy atom. The first-order valence-corrected chi connectivity index (χ1v) is 10.5. The maximum atomic E-state index is 12.5. The third-order valence-corrected chi connectivity index (χ3v) is 6.17. The Morgan fingerprint density at radius 1 is 1.25 bits per heavy atom.